The number of hydrogen-bond donors (Lipinski definition) is 0. The number of fused-ring (bicyclic) bond motifs is 17. The molecule has 0 amide bonds. The van der Waals surface area contributed by atoms with E-state index < -0.39 is 0 Å². The number of hydrogen-bond acceptors (Lipinski definition) is 3. The number of aromatic nitrogens is 5. The number of benzene rings is 9. The molecule has 0 atom stereocenters. The zero-order valence-corrected chi connectivity index (χ0v) is 34.2. The van der Waals surface area contributed by atoms with Crippen LogP contribution in [0.4, 0.5) is 0 Å². The number of rotatable bonds is 3. The summed E-state index contributed by atoms with van der Waals surface area (Å²) in [6.07, 6.45) is 0. The largest absolute Gasteiger partial charge is 0.436 e. The maximum atomic E-state index is 6.50. The maximum Gasteiger partial charge on any atom is 0.247 e. The molecule has 0 unspecified atom stereocenters. The molecule has 15 rings (SSSR count). The molecule has 64 heavy (non-hydrogen) atoms. The molecule has 9 aromatic carbocycles. The van der Waals surface area contributed by atoms with Gasteiger partial charge in [0, 0.05) is 60.1 Å². The van der Waals surface area contributed by atoms with E-state index in [-0.39, 0.29) is 0 Å². The van der Waals surface area contributed by atoms with Gasteiger partial charge in [-0.2, -0.15) is 0 Å². The molecule has 6 nitrogen and oxygen atoms in total. The van der Waals surface area contributed by atoms with Crippen LogP contribution >= 0.6 is 0 Å². The molecule has 14 aromatic rings. The van der Waals surface area contributed by atoms with Crippen LogP contribution in [-0.4, -0.2) is 23.7 Å². The second-order valence-corrected chi connectivity index (χ2v) is 16.9. The van der Waals surface area contributed by atoms with Crippen LogP contribution < -0.4 is 0 Å². The molecule has 6 heteroatoms. The highest BCUT2D eigenvalue weighted by molar-refractivity contribution is 6.22. The summed E-state index contributed by atoms with van der Waals surface area (Å²) in [6.45, 7) is 0. The van der Waals surface area contributed by atoms with Crippen LogP contribution in [0.1, 0.15) is 0 Å². The van der Waals surface area contributed by atoms with Crippen molar-refractivity contribution in [2.45, 2.75) is 0 Å². The lowest BCUT2D eigenvalue weighted by Crippen LogP contribution is -2.03. The molecule has 0 N–H and O–H groups in total. The second kappa shape index (κ2) is 12.4. The lowest BCUT2D eigenvalue weighted by atomic mass is 9.94. The van der Waals surface area contributed by atoms with Gasteiger partial charge in [-0.1, -0.05) is 140 Å². The highest BCUT2D eigenvalue weighted by Gasteiger charge is 2.27. The first-order chi connectivity index (χ1) is 31.8. The van der Waals surface area contributed by atoms with Gasteiger partial charge in [0.05, 0.1) is 38.8 Å². The van der Waals surface area contributed by atoms with Crippen molar-refractivity contribution in [1.29, 1.82) is 0 Å². The molecule has 296 valence electrons. The van der Waals surface area contributed by atoms with E-state index in [9.17, 15) is 0 Å². The van der Waals surface area contributed by atoms with Crippen LogP contribution in [-0.2, 0) is 0 Å². The van der Waals surface area contributed by atoms with E-state index in [1.165, 1.54) is 60.5 Å². The Kier molecular flexibility index (Phi) is 6.59. The number of nitrogens with zero attached hydrogens (tertiary/aromatic N) is 5. The van der Waals surface area contributed by atoms with E-state index in [0.29, 0.717) is 5.71 Å². The normalized spacial score (nSPS) is 12.4. The van der Waals surface area contributed by atoms with Crippen molar-refractivity contribution in [3.05, 3.63) is 200 Å². The molecule has 0 aliphatic carbocycles. The summed E-state index contributed by atoms with van der Waals surface area (Å²) in [6, 6.07) is 72.0. The van der Waals surface area contributed by atoms with E-state index in [2.05, 4.69) is 196 Å². The third-order valence-corrected chi connectivity index (χ3v) is 13.6. The summed E-state index contributed by atoms with van der Waals surface area (Å²) >= 11 is 0. The fraction of sp³-hybridized carbons (Fsp3) is 0. The van der Waals surface area contributed by atoms with Crippen molar-refractivity contribution in [3.63, 3.8) is 0 Å². The lowest BCUT2D eigenvalue weighted by Gasteiger charge is -2.14. The van der Waals surface area contributed by atoms with Crippen LogP contribution in [0, 0.1) is 0 Å². The average molecular weight is 816 g/mol. The van der Waals surface area contributed by atoms with Crippen molar-refractivity contribution < 1.29 is 4.42 Å². The van der Waals surface area contributed by atoms with Crippen molar-refractivity contribution >= 4 is 87.6 Å². The Hall–Kier alpha value is -8.74. The minimum Gasteiger partial charge on any atom is -0.436 e. The van der Waals surface area contributed by atoms with Gasteiger partial charge in [-0.3, -0.25) is 4.57 Å². The molecule has 6 heterocycles. The third kappa shape index (κ3) is 4.43. The van der Waals surface area contributed by atoms with E-state index in [4.69, 9.17) is 14.4 Å². The minimum atomic E-state index is 0.510. The summed E-state index contributed by atoms with van der Waals surface area (Å²) in [5.41, 5.74) is 17.7. The summed E-state index contributed by atoms with van der Waals surface area (Å²) in [7, 11) is 0. The van der Waals surface area contributed by atoms with Gasteiger partial charge < -0.3 is 13.6 Å². The molecular weight excluding hydrogens is 783 g/mol. The Morgan fingerprint density at radius 3 is 1.77 bits per heavy atom. The second-order valence-electron chi connectivity index (χ2n) is 16.9. The van der Waals surface area contributed by atoms with E-state index in [0.717, 1.165) is 72.1 Å². The highest BCUT2D eigenvalue weighted by atomic mass is 16.3. The SMILES string of the molecule is c1ccc(-n2c3ccccc3c3ccc(-c4nc5oc6ccccc6c5nc4-n4c5ccccc5c5cc6c(cc54)c4cccc5c4n6-c4ccccc4-c4ccccc4-5)cc32)cc1. The van der Waals surface area contributed by atoms with Gasteiger partial charge in [0.1, 0.15) is 16.8 Å². The average Bonchev–Trinajstić information content (AvgIpc) is 4.06. The first-order valence-corrected chi connectivity index (χ1v) is 21.7. The molecule has 0 radical (unpaired) electrons. The van der Waals surface area contributed by atoms with Gasteiger partial charge in [-0.25, -0.2) is 9.97 Å². The molecule has 0 fully saturated rings. The first kappa shape index (κ1) is 33.9. The minimum absolute atomic E-state index is 0.510. The third-order valence-electron chi connectivity index (χ3n) is 13.6. The van der Waals surface area contributed by atoms with Gasteiger partial charge in [0.25, 0.3) is 0 Å². The fourth-order valence-electron chi connectivity index (χ4n) is 10.9. The zero-order valence-electron chi connectivity index (χ0n) is 34.2. The van der Waals surface area contributed by atoms with Crippen LogP contribution in [0.3, 0.4) is 0 Å². The quantitative estimate of drug-likeness (QED) is 0.178. The van der Waals surface area contributed by atoms with Crippen molar-refractivity contribution in [1.82, 2.24) is 23.7 Å². The van der Waals surface area contributed by atoms with Crippen molar-refractivity contribution in [3.8, 4) is 50.7 Å². The van der Waals surface area contributed by atoms with Crippen LogP contribution in [0.2, 0.25) is 0 Å². The van der Waals surface area contributed by atoms with Crippen LogP contribution in [0.25, 0.3) is 138 Å². The Balaban J connectivity index is 1.08. The van der Waals surface area contributed by atoms with E-state index in [1.54, 1.807) is 0 Å². The Morgan fingerprint density at radius 1 is 0.359 bits per heavy atom. The van der Waals surface area contributed by atoms with Crippen LogP contribution in [0.5, 0.6) is 0 Å². The smallest absolute Gasteiger partial charge is 0.247 e. The summed E-state index contributed by atoms with van der Waals surface area (Å²) < 4.78 is 13.7. The number of para-hydroxylation sites is 6. The Labute approximate surface area is 365 Å². The molecule has 0 saturated carbocycles. The van der Waals surface area contributed by atoms with Gasteiger partial charge >= 0.3 is 0 Å². The highest BCUT2D eigenvalue weighted by Crippen LogP contribution is 2.48. The van der Waals surface area contributed by atoms with Crippen molar-refractivity contribution in [2.24, 2.45) is 0 Å². The summed E-state index contributed by atoms with van der Waals surface area (Å²) in [5.74, 6) is 0.746. The van der Waals surface area contributed by atoms with E-state index in [1.807, 2.05) is 18.2 Å². The lowest BCUT2D eigenvalue weighted by molar-refractivity contribution is 0.653. The van der Waals surface area contributed by atoms with Crippen LogP contribution in [0.15, 0.2) is 205 Å². The monoisotopic (exact) mass is 815 g/mol. The van der Waals surface area contributed by atoms with Gasteiger partial charge in [-0.05, 0) is 71.8 Å². The predicted octanol–water partition coefficient (Wildman–Crippen LogP) is 15.0. The maximum absolute atomic E-state index is 6.50. The van der Waals surface area contributed by atoms with Gasteiger partial charge in [-0.15, -0.1) is 0 Å². The summed E-state index contributed by atoms with van der Waals surface area (Å²) in [4.78, 5) is 11.1. The predicted molar refractivity (Wildman–Crippen MR) is 262 cm³/mol. The molecule has 1 aliphatic rings. The standard InChI is InChI=1S/C58H33N5O/c1-2-15-35(16-3-1)61-47-25-10-7-20-39(47)41-30-29-34(31-50(41)61)54-57(59-55-44-22-9-13-28-53(44)64-58(55)60-54)63-49-27-12-8-21-40(49)45-32-51-46(33-52(45)63)43-24-14-23-42-37-18-5-4-17-36(37)38-19-6-11-26-48(38)62(51)56(42)43/h1-33H. The van der Waals surface area contributed by atoms with Gasteiger partial charge in [0.2, 0.25) is 5.71 Å². The molecule has 0 bridgehead atoms. The Bertz CT molecular complexity index is 4320. The van der Waals surface area contributed by atoms with Gasteiger partial charge in [0.15, 0.2) is 5.82 Å². The topological polar surface area (TPSA) is 53.7 Å². The summed E-state index contributed by atoms with van der Waals surface area (Å²) in [5, 5.41) is 7.99. The molecule has 5 aromatic heterocycles. The molecule has 0 spiro atoms. The number of furan rings is 1. The molecule has 1 aliphatic heterocycles. The molecule has 0 saturated heterocycles. The Morgan fingerprint density at radius 2 is 0.938 bits per heavy atom. The first-order valence-electron chi connectivity index (χ1n) is 21.7. The molecular formula is C58H33N5O. The zero-order chi connectivity index (χ0) is 41.6. The fourth-order valence-corrected chi connectivity index (χ4v) is 10.9. The van der Waals surface area contributed by atoms with Crippen molar-refractivity contribution in [2.75, 3.05) is 0 Å². The van der Waals surface area contributed by atoms with E-state index >= 15 is 0 Å².